The molecule has 0 aliphatic rings. The molecule has 0 aliphatic carbocycles. The highest BCUT2D eigenvalue weighted by Crippen LogP contribution is 2.26. The zero-order valence-electron chi connectivity index (χ0n) is 7.70. The van der Waals surface area contributed by atoms with Gasteiger partial charge in [-0.25, -0.2) is 0 Å². The van der Waals surface area contributed by atoms with Crippen LogP contribution in [-0.4, -0.2) is 5.16 Å². The molecule has 2 heterocycles. The van der Waals surface area contributed by atoms with E-state index < -0.39 is 0 Å². The van der Waals surface area contributed by atoms with Crippen LogP contribution >= 0.6 is 11.3 Å². The minimum absolute atomic E-state index is 0.934. The molecule has 0 radical (unpaired) electrons. The van der Waals surface area contributed by atoms with E-state index in [4.69, 9.17) is 4.52 Å². The molecule has 2 aromatic rings. The van der Waals surface area contributed by atoms with Gasteiger partial charge in [0.15, 0.2) is 0 Å². The van der Waals surface area contributed by atoms with Gasteiger partial charge in [0.1, 0.15) is 11.5 Å². The Morgan fingerprint density at radius 1 is 1.54 bits per heavy atom. The average molecular weight is 193 g/mol. The summed E-state index contributed by atoms with van der Waals surface area (Å²) in [7, 11) is 0. The predicted molar refractivity (Wildman–Crippen MR) is 53.9 cm³/mol. The normalized spacial score (nSPS) is 10.6. The van der Waals surface area contributed by atoms with Crippen LogP contribution < -0.4 is 0 Å². The molecule has 0 amide bonds. The van der Waals surface area contributed by atoms with Crippen molar-refractivity contribution in [2.45, 2.75) is 20.3 Å². The van der Waals surface area contributed by atoms with Gasteiger partial charge < -0.3 is 4.52 Å². The molecule has 0 spiro atoms. The summed E-state index contributed by atoms with van der Waals surface area (Å²) in [4.78, 5) is 0. The molecular formula is C10H11NOS. The molecule has 0 saturated heterocycles. The molecule has 3 heteroatoms. The summed E-state index contributed by atoms with van der Waals surface area (Å²) < 4.78 is 5.16. The lowest BCUT2D eigenvalue weighted by atomic mass is 10.1. The van der Waals surface area contributed by atoms with Crippen LogP contribution in [0.3, 0.4) is 0 Å². The molecule has 0 fully saturated rings. The van der Waals surface area contributed by atoms with Crippen LogP contribution in [0.15, 0.2) is 21.3 Å². The maximum absolute atomic E-state index is 5.16. The van der Waals surface area contributed by atoms with Gasteiger partial charge in [-0.2, -0.15) is 11.3 Å². The van der Waals surface area contributed by atoms with Crippen molar-refractivity contribution in [3.8, 4) is 11.3 Å². The van der Waals surface area contributed by atoms with Gasteiger partial charge in [-0.15, -0.1) is 0 Å². The first-order valence-electron chi connectivity index (χ1n) is 4.30. The van der Waals surface area contributed by atoms with Gasteiger partial charge in [-0.3, -0.25) is 0 Å². The molecule has 0 N–H and O–H groups in total. The smallest absolute Gasteiger partial charge is 0.137 e. The minimum Gasteiger partial charge on any atom is -0.361 e. The Kier molecular flexibility index (Phi) is 2.19. The van der Waals surface area contributed by atoms with E-state index in [-0.39, 0.29) is 0 Å². The molecule has 0 bridgehead atoms. The van der Waals surface area contributed by atoms with Crippen molar-refractivity contribution in [1.29, 1.82) is 0 Å². The number of thiophene rings is 1. The van der Waals surface area contributed by atoms with Crippen molar-refractivity contribution in [2.24, 2.45) is 0 Å². The topological polar surface area (TPSA) is 26.0 Å². The Balaban J connectivity index is 2.52. The summed E-state index contributed by atoms with van der Waals surface area (Å²) in [5.74, 6) is 0.934. The van der Waals surface area contributed by atoms with Crippen molar-refractivity contribution in [2.75, 3.05) is 0 Å². The van der Waals surface area contributed by atoms with E-state index >= 15 is 0 Å². The van der Waals surface area contributed by atoms with Gasteiger partial charge in [-0.05, 0) is 24.8 Å². The van der Waals surface area contributed by atoms with E-state index in [0.29, 0.717) is 0 Å². The first kappa shape index (κ1) is 8.51. The lowest BCUT2D eigenvalue weighted by Gasteiger charge is -1.94. The third kappa shape index (κ3) is 1.40. The summed E-state index contributed by atoms with van der Waals surface area (Å²) in [5.41, 5.74) is 3.39. The highest BCUT2D eigenvalue weighted by molar-refractivity contribution is 7.08. The Morgan fingerprint density at radius 2 is 2.38 bits per heavy atom. The van der Waals surface area contributed by atoms with Gasteiger partial charge in [0.05, 0.1) is 0 Å². The Morgan fingerprint density at radius 3 is 3.00 bits per heavy atom. The fourth-order valence-corrected chi connectivity index (χ4v) is 2.07. The van der Waals surface area contributed by atoms with E-state index in [1.165, 1.54) is 11.1 Å². The fraction of sp³-hybridized carbons (Fsp3) is 0.300. The largest absolute Gasteiger partial charge is 0.361 e. The van der Waals surface area contributed by atoms with Crippen molar-refractivity contribution >= 4 is 11.3 Å². The summed E-state index contributed by atoms with van der Waals surface area (Å²) in [5, 5.41) is 8.21. The Bertz CT molecular complexity index is 389. The second-order valence-corrected chi connectivity index (χ2v) is 3.71. The SMILES string of the molecule is CCc1c(-c2ccsc2)noc1C. The number of rotatable bonds is 2. The molecular weight excluding hydrogens is 182 g/mol. The standard InChI is InChI=1S/C10H11NOS/c1-3-9-7(2)12-11-10(9)8-4-5-13-6-8/h4-6H,3H2,1-2H3. The first-order chi connectivity index (χ1) is 6.33. The maximum atomic E-state index is 5.16. The van der Waals surface area contributed by atoms with Crippen LogP contribution in [0, 0.1) is 6.92 Å². The molecule has 0 aliphatic heterocycles. The number of aryl methyl sites for hydroxylation is 1. The maximum Gasteiger partial charge on any atom is 0.137 e. The first-order valence-corrected chi connectivity index (χ1v) is 5.25. The lowest BCUT2D eigenvalue weighted by Crippen LogP contribution is -1.83. The highest BCUT2D eigenvalue weighted by atomic mass is 32.1. The molecule has 13 heavy (non-hydrogen) atoms. The highest BCUT2D eigenvalue weighted by Gasteiger charge is 2.12. The molecule has 2 nitrogen and oxygen atoms in total. The van der Waals surface area contributed by atoms with Gasteiger partial charge in [-0.1, -0.05) is 12.1 Å². The van der Waals surface area contributed by atoms with Gasteiger partial charge in [0.25, 0.3) is 0 Å². The number of nitrogens with zero attached hydrogens (tertiary/aromatic N) is 1. The van der Waals surface area contributed by atoms with Gasteiger partial charge in [0, 0.05) is 16.5 Å². The van der Waals surface area contributed by atoms with Crippen LogP contribution in [-0.2, 0) is 6.42 Å². The van der Waals surface area contributed by atoms with Crippen molar-refractivity contribution < 1.29 is 4.52 Å². The summed E-state index contributed by atoms with van der Waals surface area (Å²) >= 11 is 1.68. The second kappa shape index (κ2) is 3.34. The Labute approximate surface area is 81.2 Å². The third-order valence-electron chi connectivity index (χ3n) is 2.13. The quantitative estimate of drug-likeness (QED) is 0.731. The third-order valence-corrected chi connectivity index (χ3v) is 2.82. The van der Waals surface area contributed by atoms with E-state index in [2.05, 4.69) is 28.9 Å². The average Bonchev–Trinajstić information content (AvgIpc) is 2.71. The molecule has 0 unspecified atom stereocenters. The second-order valence-electron chi connectivity index (χ2n) is 2.93. The van der Waals surface area contributed by atoms with Crippen molar-refractivity contribution in [3.63, 3.8) is 0 Å². The van der Waals surface area contributed by atoms with Crippen LogP contribution in [0.1, 0.15) is 18.2 Å². The number of hydrogen-bond donors (Lipinski definition) is 0. The lowest BCUT2D eigenvalue weighted by molar-refractivity contribution is 0.398. The zero-order valence-corrected chi connectivity index (χ0v) is 8.52. The molecule has 2 aromatic heterocycles. The number of aromatic nitrogens is 1. The minimum atomic E-state index is 0.934. The van der Waals surface area contributed by atoms with E-state index in [9.17, 15) is 0 Å². The van der Waals surface area contributed by atoms with Crippen LogP contribution in [0.4, 0.5) is 0 Å². The van der Waals surface area contributed by atoms with Gasteiger partial charge >= 0.3 is 0 Å². The molecule has 2 rings (SSSR count). The van der Waals surface area contributed by atoms with E-state index in [0.717, 1.165) is 17.9 Å². The molecule has 68 valence electrons. The van der Waals surface area contributed by atoms with Gasteiger partial charge in [0.2, 0.25) is 0 Å². The van der Waals surface area contributed by atoms with Crippen LogP contribution in [0.5, 0.6) is 0 Å². The van der Waals surface area contributed by atoms with E-state index in [1.54, 1.807) is 11.3 Å². The number of hydrogen-bond acceptors (Lipinski definition) is 3. The molecule has 0 aromatic carbocycles. The van der Waals surface area contributed by atoms with Crippen molar-refractivity contribution in [3.05, 3.63) is 28.2 Å². The fourth-order valence-electron chi connectivity index (χ4n) is 1.43. The Hall–Kier alpha value is -1.09. The monoisotopic (exact) mass is 193 g/mol. The zero-order chi connectivity index (χ0) is 9.26. The summed E-state index contributed by atoms with van der Waals surface area (Å²) in [6, 6.07) is 2.07. The molecule has 0 saturated carbocycles. The summed E-state index contributed by atoms with van der Waals surface area (Å²) in [6.45, 7) is 4.08. The van der Waals surface area contributed by atoms with Crippen LogP contribution in [0.25, 0.3) is 11.3 Å². The predicted octanol–water partition coefficient (Wildman–Crippen LogP) is 3.27. The van der Waals surface area contributed by atoms with Crippen LogP contribution in [0.2, 0.25) is 0 Å². The molecule has 0 atom stereocenters. The van der Waals surface area contributed by atoms with Crippen molar-refractivity contribution in [1.82, 2.24) is 5.16 Å². The van der Waals surface area contributed by atoms with E-state index in [1.807, 2.05) is 6.92 Å². The summed E-state index contributed by atoms with van der Waals surface area (Å²) in [6.07, 6.45) is 0.973.